The zero-order valence-corrected chi connectivity index (χ0v) is 10.8. The Kier molecular flexibility index (Phi) is 4.30. The fourth-order valence-corrected chi connectivity index (χ4v) is 2.21. The molecular formula is C16H17FO2. The van der Waals surface area contributed by atoms with Crippen LogP contribution in [0.2, 0.25) is 0 Å². The highest BCUT2D eigenvalue weighted by atomic mass is 19.1. The van der Waals surface area contributed by atoms with Crippen molar-refractivity contribution in [3.63, 3.8) is 0 Å². The molecule has 2 aromatic carbocycles. The van der Waals surface area contributed by atoms with Crippen molar-refractivity contribution in [2.75, 3.05) is 13.7 Å². The summed E-state index contributed by atoms with van der Waals surface area (Å²) in [5.41, 5.74) is 0.355. The van der Waals surface area contributed by atoms with E-state index in [-0.39, 0.29) is 12.4 Å². The standard InChI is InChI=1S/C16H17FO2/c1-19-12-16(18,14-7-3-2-4-8-14)11-13-6-5-9-15(17)10-13/h2-10,18H,11-12H2,1H3. The van der Waals surface area contributed by atoms with Crippen molar-refractivity contribution in [3.05, 3.63) is 71.5 Å². The lowest BCUT2D eigenvalue weighted by atomic mass is 9.88. The van der Waals surface area contributed by atoms with Gasteiger partial charge in [-0.3, -0.25) is 0 Å². The van der Waals surface area contributed by atoms with Gasteiger partial charge in [-0.15, -0.1) is 0 Å². The fraction of sp³-hybridized carbons (Fsp3) is 0.250. The molecule has 3 heteroatoms. The SMILES string of the molecule is COCC(O)(Cc1cccc(F)c1)c1ccccc1. The van der Waals surface area contributed by atoms with Gasteiger partial charge in [0, 0.05) is 13.5 Å². The van der Waals surface area contributed by atoms with Gasteiger partial charge in [0.1, 0.15) is 11.4 Å². The first-order valence-electron chi connectivity index (χ1n) is 6.15. The quantitative estimate of drug-likeness (QED) is 0.895. The van der Waals surface area contributed by atoms with E-state index >= 15 is 0 Å². The van der Waals surface area contributed by atoms with Crippen molar-refractivity contribution in [2.45, 2.75) is 12.0 Å². The minimum atomic E-state index is -1.15. The molecule has 1 N–H and O–H groups in total. The first-order chi connectivity index (χ1) is 9.14. The molecule has 0 bridgehead atoms. The van der Waals surface area contributed by atoms with Gasteiger partial charge in [-0.1, -0.05) is 42.5 Å². The highest BCUT2D eigenvalue weighted by Gasteiger charge is 2.29. The maximum absolute atomic E-state index is 13.2. The monoisotopic (exact) mass is 260 g/mol. The Bertz CT molecular complexity index is 527. The maximum Gasteiger partial charge on any atom is 0.123 e. The van der Waals surface area contributed by atoms with Crippen LogP contribution < -0.4 is 0 Å². The van der Waals surface area contributed by atoms with Crippen molar-refractivity contribution >= 4 is 0 Å². The van der Waals surface area contributed by atoms with Crippen LogP contribution >= 0.6 is 0 Å². The lowest BCUT2D eigenvalue weighted by Gasteiger charge is -2.28. The molecule has 0 saturated carbocycles. The van der Waals surface area contributed by atoms with Crippen LogP contribution in [0.3, 0.4) is 0 Å². The predicted octanol–water partition coefficient (Wildman–Crippen LogP) is 2.90. The second-order valence-electron chi connectivity index (χ2n) is 4.64. The number of benzene rings is 2. The molecular weight excluding hydrogens is 243 g/mol. The normalized spacial score (nSPS) is 14.1. The van der Waals surface area contributed by atoms with Gasteiger partial charge in [0.2, 0.25) is 0 Å². The van der Waals surface area contributed by atoms with Gasteiger partial charge in [0.25, 0.3) is 0 Å². The van der Waals surface area contributed by atoms with Crippen LogP contribution in [0.15, 0.2) is 54.6 Å². The minimum absolute atomic E-state index is 0.160. The summed E-state index contributed by atoms with van der Waals surface area (Å²) in [4.78, 5) is 0. The van der Waals surface area contributed by atoms with E-state index < -0.39 is 5.60 Å². The van der Waals surface area contributed by atoms with Crippen molar-refractivity contribution in [2.24, 2.45) is 0 Å². The molecule has 0 radical (unpaired) electrons. The molecule has 2 aromatic rings. The molecule has 2 rings (SSSR count). The molecule has 0 heterocycles. The Morgan fingerprint density at radius 3 is 2.47 bits per heavy atom. The Labute approximate surface area is 112 Å². The number of methoxy groups -OCH3 is 1. The van der Waals surface area contributed by atoms with E-state index in [1.807, 2.05) is 30.3 Å². The number of ether oxygens (including phenoxy) is 1. The van der Waals surface area contributed by atoms with Gasteiger partial charge in [-0.05, 0) is 23.3 Å². The molecule has 0 amide bonds. The Morgan fingerprint density at radius 1 is 1.11 bits per heavy atom. The summed E-state index contributed by atoms with van der Waals surface area (Å²) >= 11 is 0. The van der Waals surface area contributed by atoms with Crippen LogP contribution in [0, 0.1) is 5.82 Å². The van der Waals surface area contributed by atoms with Crippen LogP contribution in [0.25, 0.3) is 0 Å². The van der Waals surface area contributed by atoms with Gasteiger partial charge in [-0.2, -0.15) is 0 Å². The smallest absolute Gasteiger partial charge is 0.123 e. The summed E-state index contributed by atoms with van der Waals surface area (Å²) in [5, 5.41) is 10.8. The van der Waals surface area contributed by atoms with Crippen molar-refractivity contribution in [1.82, 2.24) is 0 Å². The number of halogens is 1. The van der Waals surface area contributed by atoms with Gasteiger partial charge in [0.15, 0.2) is 0 Å². The first kappa shape index (κ1) is 13.7. The molecule has 100 valence electrons. The highest BCUT2D eigenvalue weighted by molar-refractivity contribution is 5.27. The Morgan fingerprint density at radius 2 is 1.84 bits per heavy atom. The minimum Gasteiger partial charge on any atom is -0.382 e. The third-order valence-electron chi connectivity index (χ3n) is 3.08. The van der Waals surface area contributed by atoms with Gasteiger partial charge in [0.05, 0.1) is 6.61 Å². The fourth-order valence-electron chi connectivity index (χ4n) is 2.21. The summed E-state index contributed by atoms with van der Waals surface area (Å²) in [6, 6.07) is 15.6. The van der Waals surface area contributed by atoms with Crippen LogP contribution in [0.1, 0.15) is 11.1 Å². The molecule has 0 aliphatic heterocycles. The third kappa shape index (κ3) is 3.40. The molecule has 1 unspecified atom stereocenters. The van der Waals surface area contributed by atoms with Crippen LogP contribution in [0.5, 0.6) is 0 Å². The molecule has 2 nitrogen and oxygen atoms in total. The maximum atomic E-state index is 13.2. The zero-order chi connectivity index (χ0) is 13.7. The number of hydrogen-bond acceptors (Lipinski definition) is 2. The van der Waals surface area contributed by atoms with E-state index in [4.69, 9.17) is 4.74 Å². The molecule has 1 atom stereocenters. The average Bonchev–Trinajstić information content (AvgIpc) is 2.40. The van der Waals surface area contributed by atoms with Crippen LogP contribution in [-0.4, -0.2) is 18.8 Å². The molecule has 0 aliphatic carbocycles. The van der Waals surface area contributed by atoms with E-state index in [0.717, 1.165) is 11.1 Å². The molecule has 0 aromatic heterocycles. The topological polar surface area (TPSA) is 29.5 Å². The van der Waals surface area contributed by atoms with Gasteiger partial charge >= 0.3 is 0 Å². The molecule has 0 saturated heterocycles. The first-order valence-corrected chi connectivity index (χ1v) is 6.15. The van der Waals surface area contributed by atoms with E-state index in [9.17, 15) is 9.50 Å². The van der Waals surface area contributed by atoms with E-state index in [2.05, 4.69) is 0 Å². The largest absolute Gasteiger partial charge is 0.382 e. The molecule has 0 fully saturated rings. The van der Waals surface area contributed by atoms with Crippen molar-refractivity contribution in [3.8, 4) is 0 Å². The van der Waals surface area contributed by atoms with E-state index in [1.165, 1.54) is 12.1 Å². The third-order valence-corrected chi connectivity index (χ3v) is 3.08. The number of rotatable bonds is 5. The number of hydrogen-bond donors (Lipinski definition) is 1. The molecule has 19 heavy (non-hydrogen) atoms. The summed E-state index contributed by atoms with van der Waals surface area (Å²) in [6.07, 6.45) is 0.308. The van der Waals surface area contributed by atoms with Crippen LogP contribution in [0.4, 0.5) is 4.39 Å². The van der Waals surface area contributed by atoms with E-state index in [0.29, 0.717) is 6.42 Å². The van der Waals surface area contributed by atoms with Gasteiger partial charge in [-0.25, -0.2) is 4.39 Å². The van der Waals surface area contributed by atoms with Gasteiger partial charge < -0.3 is 9.84 Å². The average molecular weight is 260 g/mol. The second-order valence-corrected chi connectivity index (χ2v) is 4.64. The highest BCUT2D eigenvalue weighted by Crippen LogP contribution is 2.26. The lowest BCUT2D eigenvalue weighted by Crippen LogP contribution is -2.33. The van der Waals surface area contributed by atoms with E-state index in [1.54, 1.807) is 19.2 Å². The van der Waals surface area contributed by atoms with Crippen molar-refractivity contribution in [1.29, 1.82) is 0 Å². The summed E-state index contributed by atoms with van der Waals surface area (Å²) in [5.74, 6) is -0.301. The Balaban J connectivity index is 2.30. The molecule has 0 aliphatic rings. The predicted molar refractivity (Wildman–Crippen MR) is 72.3 cm³/mol. The Hall–Kier alpha value is -1.71. The molecule has 0 spiro atoms. The lowest BCUT2D eigenvalue weighted by molar-refractivity contribution is -0.0355. The van der Waals surface area contributed by atoms with Crippen LogP contribution in [-0.2, 0) is 16.8 Å². The second kappa shape index (κ2) is 5.95. The number of aliphatic hydroxyl groups is 1. The zero-order valence-electron chi connectivity index (χ0n) is 10.8. The summed E-state index contributed by atoms with van der Waals surface area (Å²) in [7, 11) is 1.54. The van der Waals surface area contributed by atoms with Crippen molar-refractivity contribution < 1.29 is 14.2 Å². The summed E-state index contributed by atoms with van der Waals surface area (Å²) in [6.45, 7) is 0.160. The summed E-state index contributed by atoms with van der Waals surface area (Å²) < 4.78 is 18.3.